The van der Waals surface area contributed by atoms with Crippen LogP contribution in [0.2, 0.25) is 0 Å². The third-order valence-electron chi connectivity index (χ3n) is 2.28. The fraction of sp³-hybridized carbons (Fsp3) is 0.545. The first-order valence-corrected chi connectivity index (χ1v) is 7.84. The molecule has 0 spiro atoms. The Labute approximate surface area is 106 Å². The van der Waals surface area contributed by atoms with E-state index in [2.05, 4.69) is 4.72 Å². The topological polar surface area (TPSA) is 70.0 Å². The summed E-state index contributed by atoms with van der Waals surface area (Å²) in [7, 11) is -3.54. The standard InChI is InChI=1S/C11H16N2O2S2/c1-3-5-9(8-12)13-17(14,15)11-7-6-10(4-2)16-11/h6-7,9,13H,3-5H2,1-2H3/t9-/m0/s1. The van der Waals surface area contributed by atoms with Crippen LogP contribution in [0.25, 0.3) is 0 Å². The summed E-state index contributed by atoms with van der Waals surface area (Å²) in [5, 5.41) is 8.85. The number of sulfonamides is 1. The Bertz CT molecular complexity index is 500. The van der Waals surface area contributed by atoms with Gasteiger partial charge in [0.15, 0.2) is 0 Å². The molecule has 17 heavy (non-hydrogen) atoms. The molecule has 0 aromatic carbocycles. The maximum atomic E-state index is 12.0. The quantitative estimate of drug-likeness (QED) is 0.863. The van der Waals surface area contributed by atoms with E-state index in [1.54, 1.807) is 12.1 Å². The number of nitrogens with zero attached hydrogens (tertiary/aromatic N) is 1. The highest BCUT2D eigenvalue weighted by molar-refractivity contribution is 7.91. The summed E-state index contributed by atoms with van der Waals surface area (Å²) in [6.07, 6.45) is 2.12. The van der Waals surface area contributed by atoms with Crippen LogP contribution in [0, 0.1) is 11.3 Å². The molecule has 0 bridgehead atoms. The summed E-state index contributed by atoms with van der Waals surface area (Å²) in [6, 6.07) is 4.72. The molecule has 1 rings (SSSR count). The van der Waals surface area contributed by atoms with Crippen LogP contribution in [0.4, 0.5) is 0 Å². The molecule has 0 aliphatic rings. The SMILES string of the molecule is CCC[C@@H](C#N)NS(=O)(=O)c1ccc(CC)s1. The molecule has 6 heteroatoms. The van der Waals surface area contributed by atoms with E-state index in [0.717, 1.165) is 17.7 Å². The van der Waals surface area contributed by atoms with Crippen molar-refractivity contribution in [1.29, 1.82) is 5.26 Å². The molecule has 0 unspecified atom stereocenters. The third-order valence-corrected chi connectivity index (χ3v) is 5.47. The van der Waals surface area contributed by atoms with E-state index < -0.39 is 16.1 Å². The van der Waals surface area contributed by atoms with E-state index in [4.69, 9.17) is 5.26 Å². The lowest BCUT2D eigenvalue weighted by Crippen LogP contribution is -2.33. The molecule has 1 atom stereocenters. The Balaban J connectivity index is 2.85. The zero-order chi connectivity index (χ0) is 12.9. The number of thiophene rings is 1. The molecular weight excluding hydrogens is 256 g/mol. The van der Waals surface area contributed by atoms with Gasteiger partial charge in [0.25, 0.3) is 10.0 Å². The lowest BCUT2D eigenvalue weighted by atomic mass is 10.2. The summed E-state index contributed by atoms with van der Waals surface area (Å²) >= 11 is 1.25. The first-order chi connectivity index (χ1) is 8.03. The van der Waals surface area contributed by atoms with Crippen molar-refractivity contribution >= 4 is 21.4 Å². The second-order valence-corrected chi connectivity index (χ2v) is 6.78. The van der Waals surface area contributed by atoms with Crippen LogP contribution in [0.3, 0.4) is 0 Å². The highest BCUT2D eigenvalue weighted by Gasteiger charge is 2.20. The number of nitriles is 1. The number of hydrogen-bond acceptors (Lipinski definition) is 4. The predicted octanol–water partition coefficient (Wildman–Crippen LogP) is 2.28. The van der Waals surface area contributed by atoms with Crippen molar-refractivity contribution in [1.82, 2.24) is 4.72 Å². The largest absolute Gasteiger partial charge is 0.251 e. The average Bonchev–Trinajstić information content (AvgIpc) is 2.77. The lowest BCUT2D eigenvalue weighted by Gasteiger charge is -2.09. The Morgan fingerprint density at radius 2 is 2.18 bits per heavy atom. The first-order valence-electron chi connectivity index (χ1n) is 5.54. The van der Waals surface area contributed by atoms with Gasteiger partial charge in [-0.2, -0.15) is 9.98 Å². The van der Waals surface area contributed by atoms with Gasteiger partial charge in [-0.25, -0.2) is 8.42 Å². The summed E-state index contributed by atoms with van der Waals surface area (Å²) in [6.45, 7) is 3.89. The molecule has 0 saturated carbocycles. The van der Waals surface area contributed by atoms with Gasteiger partial charge in [0, 0.05) is 4.88 Å². The highest BCUT2D eigenvalue weighted by Crippen LogP contribution is 2.22. The monoisotopic (exact) mass is 272 g/mol. The van der Waals surface area contributed by atoms with Crippen LogP contribution in [-0.2, 0) is 16.4 Å². The van der Waals surface area contributed by atoms with Crippen LogP contribution in [-0.4, -0.2) is 14.5 Å². The minimum Gasteiger partial charge on any atom is -0.206 e. The molecule has 1 N–H and O–H groups in total. The maximum Gasteiger partial charge on any atom is 0.251 e. The molecule has 0 saturated heterocycles. The van der Waals surface area contributed by atoms with Gasteiger partial charge in [0.05, 0.1) is 6.07 Å². The third kappa shape index (κ3) is 3.80. The normalized spacial score (nSPS) is 13.2. The molecular formula is C11H16N2O2S2. The molecule has 0 amide bonds. The maximum absolute atomic E-state index is 12.0. The Morgan fingerprint density at radius 1 is 1.47 bits per heavy atom. The van der Waals surface area contributed by atoms with Crippen molar-refractivity contribution in [2.24, 2.45) is 0 Å². The molecule has 0 aliphatic heterocycles. The van der Waals surface area contributed by atoms with Gasteiger partial charge >= 0.3 is 0 Å². The van der Waals surface area contributed by atoms with E-state index in [1.807, 2.05) is 19.9 Å². The molecule has 1 heterocycles. The van der Waals surface area contributed by atoms with Gasteiger partial charge in [0.2, 0.25) is 0 Å². The summed E-state index contributed by atoms with van der Waals surface area (Å²) in [5.41, 5.74) is 0. The molecule has 0 fully saturated rings. The van der Waals surface area contributed by atoms with Crippen LogP contribution in [0.15, 0.2) is 16.3 Å². The molecule has 94 valence electrons. The van der Waals surface area contributed by atoms with Gasteiger partial charge in [-0.15, -0.1) is 11.3 Å². The number of rotatable bonds is 6. The van der Waals surface area contributed by atoms with E-state index >= 15 is 0 Å². The van der Waals surface area contributed by atoms with Crippen molar-refractivity contribution in [3.8, 4) is 6.07 Å². The van der Waals surface area contributed by atoms with E-state index in [9.17, 15) is 8.42 Å². The molecule has 1 aromatic heterocycles. The molecule has 1 aromatic rings. The first kappa shape index (κ1) is 14.2. The van der Waals surface area contributed by atoms with Crippen LogP contribution in [0.1, 0.15) is 31.6 Å². The van der Waals surface area contributed by atoms with Gasteiger partial charge in [-0.3, -0.25) is 0 Å². The zero-order valence-corrected chi connectivity index (χ0v) is 11.6. The second-order valence-electron chi connectivity index (χ2n) is 3.67. The lowest BCUT2D eigenvalue weighted by molar-refractivity contribution is 0.565. The van der Waals surface area contributed by atoms with E-state index in [-0.39, 0.29) is 4.21 Å². The van der Waals surface area contributed by atoms with Gasteiger partial charge in [-0.1, -0.05) is 20.3 Å². The molecule has 4 nitrogen and oxygen atoms in total. The molecule has 0 radical (unpaired) electrons. The fourth-order valence-corrected chi connectivity index (χ4v) is 3.86. The number of nitrogens with one attached hydrogen (secondary N) is 1. The van der Waals surface area contributed by atoms with Crippen molar-refractivity contribution in [3.63, 3.8) is 0 Å². The summed E-state index contributed by atoms with van der Waals surface area (Å²) in [5.74, 6) is 0. The van der Waals surface area contributed by atoms with Crippen LogP contribution >= 0.6 is 11.3 Å². The summed E-state index contributed by atoms with van der Waals surface area (Å²) in [4.78, 5) is 1.02. The second kappa shape index (κ2) is 6.15. The van der Waals surface area contributed by atoms with Crippen molar-refractivity contribution in [2.45, 2.75) is 43.4 Å². The highest BCUT2D eigenvalue weighted by atomic mass is 32.2. The van der Waals surface area contributed by atoms with Crippen molar-refractivity contribution < 1.29 is 8.42 Å². The van der Waals surface area contributed by atoms with Crippen LogP contribution in [0.5, 0.6) is 0 Å². The van der Waals surface area contributed by atoms with Gasteiger partial charge in [-0.05, 0) is 25.0 Å². The van der Waals surface area contributed by atoms with Gasteiger partial charge < -0.3 is 0 Å². The van der Waals surface area contributed by atoms with E-state index in [1.165, 1.54) is 11.3 Å². The predicted molar refractivity (Wildman–Crippen MR) is 68.3 cm³/mol. The minimum absolute atomic E-state index is 0.283. The van der Waals surface area contributed by atoms with Crippen molar-refractivity contribution in [2.75, 3.05) is 0 Å². The summed E-state index contributed by atoms with van der Waals surface area (Å²) < 4.78 is 26.6. The molecule has 0 aliphatic carbocycles. The fourth-order valence-electron chi connectivity index (χ4n) is 1.38. The minimum atomic E-state index is -3.54. The van der Waals surface area contributed by atoms with E-state index in [0.29, 0.717) is 6.42 Å². The number of hydrogen-bond donors (Lipinski definition) is 1. The Hall–Kier alpha value is -0.900. The number of aryl methyl sites for hydroxylation is 1. The van der Waals surface area contributed by atoms with Crippen LogP contribution < -0.4 is 4.72 Å². The van der Waals surface area contributed by atoms with Crippen molar-refractivity contribution in [3.05, 3.63) is 17.0 Å². The Morgan fingerprint density at radius 3 is 2.65 bits per heavy atom. The average molecular weight is 272 g/mol. The zero-order valence-electron chi connectivity index (χ0n) is 9.93. The Kier molecular flexibility index (Phi) is 5.12. The van der Waals surface area contributed by atoms with Gasteiger partial charge in [0.1, 0.15) is 10.3 Å². The smallest absolute Gasteiger partial charge is 0.206 e.